The standard InChI is InChI=1S/C19H22ClF3N4O/c20-14-5-7-15(8-6-14)27-17(19(21,22)23)16(13-25-27)18(28)24-9-12-26-10-3-1-2-4-11-26/h5-8,13H,1-4,9-12H2,(H,24,28). The van der Waals surface area contributed by atoms with Crippen LogP contribution in [-0.4, -0.2) is 46.8 Å². The maximum Gasteiger partial charge on any atom is 0.434 e. The van der Waals surface area contributed by atoms with Crippen LogP contribution in [0.3, 0.4) is 0 Å². The van der Waals surface area contributed by atoms with Crippen molar-refractivity contribution in [3.63, 3.8) is 0 Å². The Balaban J connectivity index is 1.73. The Morgan fingerprint density at radius 1 is 1.11 bits per heavy atom. The highest BCUT2D eigenvalue weighted by atomic mass is 35.5. The number of nitrogens with one attached hydrogen (secondary N) is 1. The molecule has 152 valence electrons. The Bertz CT molecular complexity index is 797. The van der Waals surface area contributed by atoms with Crippen molar-refractivity contribution >= 4 is 17.5 Å². The lowest BCUT2D eigenvalue weighted by Crippen LogP contribution is -2.36. The summed E-state index contributed by atoms with van der Waals surface area (Å²) in [4.78, 5) is 14.6. The zero-order valence-electron chi connectivity index (χ0n) is 15.3. The monoisotopic (exact) mass is 414 g/mol. The molecule has 0 unspecified atom stereocenters. The molecule has 28 heavy (non-hydrogen) atoms. The molecule has 9 heteroatoms. The van der Waals surface area contributed by atoms with Gasteiger partial charge < -0.3 is 10.2 Å². The second-order valence-electron chi connectivity index (χ2n) is 6.80. The molecule has 0 spiro atoms. The lowest BCUT2D eigenvalue weighted by Gasteiger charge is -2.19. The smallest absolute Gasteiger partial charge is 0.351 e. The lowest BCUT2D eigenvalue weighted by molar-refractivity contribution is -0.143. The van der Waals surface area contributed by atoms with Gasteiger partial charge in [0.25, 0.3) is 5.91 Å². The Kier molecular flexibility index (Phi) is 6.61. The Morgan fingerprint density at radius 3 is 2.36 bits per heavy atom. The van der Waals surface area contributed by atoms with Crippen LogP contribution in [0, 0.1) is 0 Å². The van der Waals surface area contributed by atoms with Gasteiger partial charge >= 0.3 is 6.18 Å². The molecule has 0 aliphatic carbocycles. The third kappa shape index (κ3) is 5.05. The molecule has 0 atom stereocenters. The fourth-order valence-corrected chi connectivity index (χ4v) is 3.47. The van der Waals surface area contributed by atoms with E-state index in [1.54, 1.807) is 0 Å². The summed E-state index contributed by atoms with van der Waals surface area (Å²) >= 11 is 5.80. The number of benzene rings is 1. The van der Waals surface area contributed by atoms with Gasteiger partial charge in [-0.3, -0.25) is 4.79 Å². The molecular formula is C19H22ClF3N4O. The molecule has 2 aromatic rings. The molecule has 1 aliphatic heterocycles. The molecule has 5 nitrogen and oxygen atoms in total. The molecule has 1 saturated heterocycles. The zero-order chi connectivity index (χ0) is 20.1. The van der Waals surface area contributed by atoms with Gasteiger partial charge in [0.15, 0.2) is 5.69 Å². The van der Waals surface area contributed by atoms with Crippen molar-refractivity contribution in [1.82, 2.24) is 20.0 Å². The first-order valence-electron chi connectivity index (χ1n) is 9.28. The molecule has 0 bridgehead atoms. The average Bonchev–Trinajstić information content (AvgIpc) is 2.94. The molecule has 0 saturated carbocycles. The molecule has 2 heterocycles. The molecule has 1 fully saturated rings. The number of carbonyl (C=O) groups is 1. The number of carbonyl (C=O) groups excluding carboxylic acids is 1. The van der Waals surface area contributed by atoms with Crippen molar-refractivity contribution in [3.8, 4) is 5.69 Å². The lowest BCUT2D eigenvalue weighted by atomic mass is 10.2. The molecule has 0 radical (unpaired) electrons. The van der Waals surface area contributed by atoms with Crippen LogP contribution in [0.4, 0.5) is 13.2 Å². The second kappa shape index (κ2) is 8.96. The number of amides is 1. The van der Waals surface area contributed by atoms with Crippen LogP contribution in [0.15, 0.2) is 30.5 Å². The minimum Gasteiger partial charge on any atom is -0.351 e. The van der Waals surface area contributed by atoms with E-state index < -0.39 is 23.3 Å². The third-order valence-electron chi connectivity index (χ3n) is 4.77. The number of aromatic nitrogens is 2. The molecule has 1 aliphatic rings. The van der Waals surface area contributed by atoms with Gasteiger partial charge in [-0.05, 0) is 50.2 Å². The summed E-state index contributed by atoms with van der Waals surface area (Å²) in [5, 5.41) is 6.79. The Hall–Kier alpha value is -2.06. The largest absolute Gasteiger partial charge is 0.434 e. The quantitative estimate of drug-likeness (QED) is 0.799. The average molecular weight is 415 g/mol. The summed E-state index contributed by atoms with van der Waals surface area (Å²) in [6.45, 7) is 2.83. The maximum atomic E-state index is 13.7. The van der Waals surface area contributed by atoms with Crippen molar-refractivity contribution in [2.45, 2.75) is 31.9 Å². The SMILES string of the molecule is O=C(NCCN1CCCCCC1)c1cnn(-c2ccc(Cl)cc2)c1C(F)(F)F. The van der Waals surface area contributed by atoms with Crippen LogP contribution in [0.25, 0.3) is 5.69 Å². The second-order valence-corrected chi connectivity index (χ2v) is 7.24. The highest BCUT2D eigenvalue weighted by Gasteiger charge is 2.40. The predicted molar refractivity (Wildman–Crippen MR) is 101 cm³/mol. The molecule has 1 aromatic carbocycles. The highest BCUT2D eigenvalue weighted by molar-refractivity contribution is 6.30. The molecule has 1 amide bonds. The van der Waals surface area contributed by atoms with Gasteiger partial charge in [0.2, 0.25) is 0 Å². The number of likely N-dealkylation sites (tertiary alicyclic amines) is 1. The van der Waals surface area contributed by atoms with E-state index in [0.717, 1.165) is 36.8 Å². The molecule has 1 N–H and O–H groups in total. The highest BCUT2D eigenvalue weighted by Crippen LogP contribution is 2.33. The number of hydrogen-bond acceptors (Lipinski definition) is 3. The third-order valence-corrected chi connectivity index (χ3v) is 5.02. The van der Waals surface area contributed by atoms with E-state index in [0.29, 0.717) is 18.1 Å². The predicted octanol–water partition coefficient (Wildman–Crippen LogP) is 4.15. The van der Waals surface area contributed by atoms with Crippen LogP contribution >= 0.6 is 11.6 Å². The maximum absolute atomic E-state index is 13.7. The van der Waals surface area contributed by atoms with E-state index >= 15 is 0 Å². The van der Waals surface area contributed by atoms with Crippen LogP contribution in [0.2, 0.25) is 5.02 Å². The molecular weight excluding hydrogens is 393 g/mol. The van der Waals surface area contributed by atoms with Crippen LogP contribution in [0.5, 0.6) is 0 Å². The first kappa shape index (κ1) is 20.7. The van der Waals surface area contributed by atoms with Crippen LogP contribution in [-0.2, 0) is 6.18 Å². The number of hydrogen-bond donors (Lipinski definition) is 1. The van der Waals surface area contributed by atoms with Crippen molar-refractivity contribution in [3.05, 3.63) is 46.7 Å². The van der Waals surface area contributed by atoms with Gasteiger partial charge in [0.1, 0.15) is 0 Å². The molecule has 3 rings (SSSR count). The minimum atomic E-state index is -4.73. The summed E-state index contributed by atoms with van der Waals surface area (Å²) in [6.07, 6.45) is 0.843. The van der Waals surface area contributed by atoms with Crippen LogP contribution in [0.1, 0.15) is 41.7 Å². The first-order chi connectivity index (χ1) is 13.4. The van der Waals surface area contributed by atoms with Gasteiger partial charge in [-0.1, -0.05) is 24.4 Å². The van der Waals surface area contributed by atoms with Crippen LogP contribution < -0.4 is 5.32 Å². The van der Waals surface area contributed by atoms with Crippen molar-refractivity contribution < 1.29 is 18.0 Å². The van der Waals surface area contributed by atoms with E-state index in [9.17, 15) is 18.0 Å². The van der Waals surface area contributed by atoms with Gasteiger partial charge in [-0.15, -0.1) is 0 Å². The van der Waals surface area contributed by atoms with Crippen molar-refractivity contribution in [1.29, 1.82) is 0 Å². The fourth-order valence-electron chi connectivity index (χ4n) is 3.35. The summed E-state index contributed by atoms with van der Waals surface area (Å²) in [6, 6.07) is 5.79. The number of nitrogens with zero attached hydrogens (tertiary/aromatic N) is 3. The number of halogens is 4. The summed E-state index contributed by atoms with van der Waals surface area (Å²) in [5.74, 6) is -0.776. The van der Waals surface area contributed by atoms with E-state index in [2.05, 4.69) is 15.3 Å². The van der Waals surface area contributed by atoms with Gasteiger partial charge in [0.05, 0.1) is 17.4 Å². The van der Waals surface area contributed by atoms with Gasteiger partial charge in [-0.2, -0.15) is 18.3 Å². The van der Waals surface area contributed by atoms with E-state index in [-0.39, 0.29) is 5.69 Å². The Morgan fingerprint density at radius 2 is 1.75 bits per heavy atom. The van der Waals surface area contributed by atoms with Crippen molar-refractivity contribution in [2.75, 3.05) is 26.2 Å². The minimum absolute atomic E-state index is 0.181. The fraction of sp³-hybridized carbons (Fsp3) is 0.474. The number of rotatable bonds is 5. The van der Waals surface area contributed by atoms with E-state index in [1.807, 2.05) is 0 Å². The Labute approximate surface area is 166 Å². The van der Waals surface area contributed by atoms with Crippen molar-refractivity contribution in [2.24, 2.45) is 0 Å². The normalized spacial score (nSPS) is 16.0. The number of alkyl halides is 3. The van der Waals surface area contributed by atoms with Gasteiger partial charge in [0, 0.05) is 18.1 Å². The van der Waals surface area contributed by atoms with E-state index in [1.165, 1.54) is 37.1 Å². The van der Waals surface area contributed by atoms with Gasteiger partial charge in [-0.25, -0.2) is 4.68 Å². The first-order valence-corrected chi connectivity index (χ1v) is 9.66. The van der Waals surface area contributed by atoms with E-state index in [4.69, 9.17) is 11.6 Å². The zero-order valence-corrected chi connectivity index (χ0v) is 16.1. The topological polar surface area (TPSA) is 50.2 Å². The summed E-state index contributed by atoms with van der Waals surface area (Å²) in [5.41, 5.74) is -1.40. The molecule has 1 aromatic heterocycles. The summed E-state index contributed by atoms with van der Waals surface area (Å²) < 4.78 is 41.7. The summed E-state index contributed by atoms with van der Waals surface area (Å²) in [7, 11) is 0.